The van der Waals surface area contributed by atoms with Crippen molar-refractivity contribution < 1.29 is 27.3 Å². The Morgan fingerprint density at radius 2 is 2.04 bits per heavy atom. The molecule has 0 aliphatic carbocycles. The number of benzene rings is 1. The number of alkyl halides is 3. The molecule has 0 aliphatic rings. The van der Waals surface area contributed by atoms with E-state index in [9.17, 15) is 32.5 Å². The molecule has 0 aliphatic heterocycles. The highest BCUT2D eigenvalue weighted by molar-refractivity contribution is 7.14. The maximum atomic E-state index is 13.4. The van der Waals surface area contributed by atoms with Crippen LogP contribution in [-0.2, 0) is 6.18 Å². The largest absolute Gasteiger partial charge is 0.434 e. The molecular weight excluding hydrogens is 342 g/mol. The number of rotatable bonds is 3. The van der Waals surface area contributed by atoms with Gasteiger partial charge in [0.1, 0.15) is 11.4 Å². The Labute approximate surface area is 129 Å². The van der Waals surface area contributed by atoms with Crippen molar-refractivity contribution in [2.75, 3.05) is 5.32 Å². The molecule has 2 aromatic rings. The molecular formula is C12H7F4N3O3S. The van der Waals surface area contributed by atoms with Gasteiger partial charge in [0.2, 0.25) is 0 Å². The predicted octanol–water partition coefficient (Wildman–Crippen LogP) is 3.77. The summed E-state index contributed by atoms with van der Waals surface area (Å²) in [5.74, 6) is -2.00. The third kappa shape index (κ3) is 3.62. The van der Waals surface area contributed by atoms with Crippen molar-refractivity contribution in [2.24, 2.45) is 0 Å². The quantitative estimate of drug-likeness (QED) is 0.519. The van der Waals surface area contributed by atoms with Gasteiger partial charge in [0.05, 0.1) is 4.92 Å². The number of nitro groups is 1. The van der Waals surface area contributed by atoms with E-state index in [0.29, 0.717) is 22.8 Å². The SMILES string of the molecule is Cc1cc(F)cc(C(=O)Nc2nc(C(F)(F)F)cs2)c1[N+](=O)[O-]. The molecule has 11 heteroatoms. The zero-order valence-corrected chi connectivity index (χ0v) is 12.1. The topological polar surface area (TPSA) is 85.1 Å². The number of aromatic nitrogens is 1. The first-order chi connectivity index (χ1) is 10.6. The molecule has 1 aromatic carbocycles. The van der Waals surface area contributed by atoms with Gasteiger partial charge < -0.3 is 0 Å². The predicted molar refractivity (Wildman–Crippen MR) is 72.9 cm³/mol. The minimum atomic E-state index is -4.68. The number of anilines is 1. The minimum Gasteiger partial charge on any atom is -0.298 e. The van der Waals surface area contributed by atoms with Crippen LogP contribution in [0.25, 0.3) is 0 Å². The lowest BCUT2D eigenvalue weighted by molar-refractivity contribution is -0.385. The molecule has 1 N–H and O–H groups in total. The molecule has 0 saturated heterocycles. The summed E-state index contributed by atoms with van der Waals surface area (Å²) in [7, 11) is 0. The number of thiazole rings is 1. The van der Waals surface area contributed by atoms with E-state index in [1.807, 2.05) is 5.32 Å². The van der Waals surface area contributed by atoms with Gasteiger partial charge in [-0.3, -0.25) is 20.2 Å². The second-order valence-electron chi connectivity index (χ2n) is 4.37. The molecule has 0 fully saturated rings. The Morgan fingerprint density at radius 3 is 2.57 bits per heavy atom. The van der Waals surface area contributed by atoms with Crippen LogP contribution >= 0.6 is 11.3 Å². The Bertz CT molecular complexity index is 788. The van der Waals surface area contributed by atoms with E-state index in [1.165, 1.54) is 6.92 Å². The lowest BCUT2D eigenvalue weighted by Gasteiger charge is -2.06. The van der Waals surface area contributed by atoms with Crippen LogP contribution in [0.15, 0.2) is 17.5 Å². The smallest absolute Gasteiger partial charge is 0.298 e. The monoisotopic (exact) mass is 349 g/mol. The fourth-order valence-corrected chi connectivity index (χ4v) is 2.49. The molecule has 0 unspecified atom stereocenters. The van der Waals surface area contributed by atoms with Crippen molar-refractivity contribution >= 4 is 28.1 Å². The number of nitro benzene ring substituents is 1. The van der Waals surface area contributed by atoms with E-state index in [1.54, 1.807) is 0 Å². The van der Waals surface area contributed by atoms with Crippen LogP contribution in [0.4, 0.5) is 28.4 Å². The molecule has 1 heterocycles. The zero-order valence-electron chi connectivity index (χ0n) is 11.3. The maximum Gasteiger partial charge on any atom is 0.434 e. The second kappa shape index (κ2) is 5.91. The van der Waals surface area contributed by atoms with Gasteiger partial charge in [-0.2, -0.15) is 13.2 Å². The summed E-state index contributed by atoms with van der Waals surface area (Å²) in [5.41, 5.74) is -2.52. The molecule has 23 heavy (non-hydrogen) atoms. The van der Waals surface area contributed by atoms with Crippen molar-refractivity contribution in [1.29, 1.82) is 0 Å². The summed E-state index contributed by atoms with van der Waals surface area (Å²) >= 11 is 0.495. The average Bonchev–Trinajstić information content (AvgIpc) is 2.85. The zero-order chi connectivity index (χ0) is 17.4. The molecule has 0 atom stereocenters. The highest BCUT2D eigenvalue weighted by Crippen LogP contribution is 2.32. The third-order valence-corrected chi connectivity index (χ3v) is 3.47. The molecule has 0 saturated carbocycles. The van der Waals surface area contributed by atoms with Gasteiger partial charge >= 0.3 is 6.18 Å². The van der Waals surface area contributed by atoms with Gasteiger partial charge in [-0.15, -0.1) is 11.3 Å². The van der Waals surface area contributed by atoms with Gasteiger partial charge in [-0.1, -0.05) is 0 Å². The van der Waals surface area contributed by atoms with Crippen molar-refractivity contribution in [3.05, 3.63) is 50.3 Å². The number of nitrogens with one attached hydrogen (secondary N) is 1. The van der Waals surface area contributed by atoms with Crippen LogP contribution in [-0.4, -0.2) is 15.8 Å². The summed E-state index contributed by atoms with van der Waals surface area (Å²) < 4.78 is 50.7. The van der Waals surface area contributed by atoms with Crippen molar-refractivity contribution in [1.82, 2.24) is 4.98 Å². The number of amides is 1. The lowest BCUT2D eigenvalue weighted by Crippen LogP contribution is -2.15. The van der Waals surface area contributed by atoms with E-state index in [4.69, 9.17) is 0 Å². The number of nitrogens with zero attached hydrogens (tertiary/aromatic N) is 2. The summed E-state index contributed by atoms with van der Waals surface area (Å²) in [6, 6.07) is 1.51. The number of halogens is 4. The van der Waals surface area contributed by atoms with Crippen molar-refractivity contribution in [3.63, 3.8) is 0 Å². The Kier molecular flexibility index (Phi) is 4.32. The number of carbonyl (C=O) groups excluding carboxylic acids is 1. The fourth-order valence-electron chi connectivity index (χ4n) is 1.78. The molecule has 0 spiro atoms. The van der Waals surface area contributed by atoms with E-state index in [2.05, 4.69) is 4.98 Å². The minimum absolute atomic E-state index is 0.0877. The Hall–Kier alpha value is -2.56. The Morgan fingerprint density at radius 1 is 1.39 bits per heavy atom. The number of hydrogen-bond acceptors (Lipinski definition) is 5. The van der Waals surface area contributed by atoms with E-state index in [0.717, 1.165) is 6.07 Å². The highest BCUT2D eigenvalue weighted by atomic mass is 32.1. The van der Waals surface area contributed by atoms with Gasteiger partial charge in [-0.05, 0) is 19.1 Å². The summed E-state index contributed by atoms with van der Waals surface area (Å²) in [5, 5.41) is 13.3. The second-order valence-corrected chi connectivity index (χ2v) is 5.22. The highest BCUT2D eigenvalue weighted by Gasteiger charge is 2.34. The third-order valence-electron chi connectivity index (χ3n) is 2.71. The molecule has 1 aromatic heterocycles. The summed E-state index contributed by atoms with van der Waals surface area (Å²) in [6.07, 6.45) is -4.68. The molecule has 0 radical (unpaired) electrons. The van der Waals surface area contributed by atoms with Gasteiger partial charge in [0.15, 0.2) is 10.8 Å². The molecule has 122 valence electrons. The van der Waals surface area contributed by atoms with Crippen LogP contribution < -0.4 is 5.32 Å². The maximum absolute atomic E-state index is 13.4. The number of carbonyl (C=O) groups is 1. The van der Waals surface area contributed by atoms with Crippen LogP contribution in [0.1, 0.15) is 21.6 Å². The van der Waals surface area contributed by atoms with E-state index >= 15 is 0 Å². The summed E-state index contributed by atoms with van der Waals surface area (Å²) in [6.45, 7) is 1.24. The van der Waals surface area contributed by atoms with Crippen molar-refractivity contribution in [2.45, 2.75) is 13.1 Å². The Balaban J connectivity index is 2.35. The van der Waals surface area contributed by atoms with E-state index in [-0.39, 0.29) is 5.56 Å². The van der Waals surface area contributed by atoms with E-state index < -0.39 is 44.9 Å². The van der Waals surface area contributed by atoms with Crippen LogP contribution in [0.5, 0.6) is 0 Å². The first kappa shape index (κ1) is 16.8. The van der Waals surface area contributed by atoms with Crippen LogP contribution in [0.3, 0.4) is 0 Å². The first-order valence-electron chi connectivity index (χ1n) is 5.88. The average molecular weight is 349 g/mol. The molecule has 1 amide bonds. The van der Waals surface area contributed by atoms with Crippen LogP contribution in [0, 0.1) is 22.9 Å². The first-order valence-corrected chi connectivity index (χ1v) is 6.76. The molecule has 2 rings (SSSR count). The van der Waals surface area contributed by atoms with Gasteiger partial charge in [0.25, 0.3) is 11.6 Å². The number of hydrogen-bond donors (Lipinski definition) is 1. The normalized spacial score (nSPS) is 11.3. The molecule has 6 nitrogen and oxygen atoms in total. The van der Waals surface area contributed by atoms with Crippen molar-refractivity contribution in [3.8, 4) is 0 Å². The fraction of sp³-hybridized carbons (Fsp3) is 0.167. The lowest BCUT2D eigenvalue weighted by atomic mass is 10.1. The standard InChI is InChI=1S/C12H7F4N3O3S/c1-5-2-6(13)3-7(9(5)19(21)22)10(20)18-11-17-8(4-23-11)12(14,15)16/h2-4H,1H3,(H,17,18,20). The summed E-state index contributed by atoms with van der Waals surface area (Å²) in [4.78, 5) is 25.3. The van der Waals surface area contributed by atoms with Gasteiger partial charge in [-0.25, -0.2) is 9.37 Å². The molecule has 0 bridgehead atoms. The van der Waals surface area contributed by atoms with Gasteiger partial charge in [0, 0.05) is 10.9 Å². The number of aryl methyl sites for hydroxylation is 1. The van der Waals surface area contributed by atoms with Crippen LogP contribution in [0.2, 0.25) is 0 Å².